The summed E-state index contributed by atoms with van der Waals surface area (Å²) in [5.74, 6) is 1.00. The monoisotopic (exact) mass is 360 g/mol. The van der Waals surface area contributed by atoms with E-state index in [1.54, 1.807) is 7.05 Å². The normalized spacial score (nSPS) is 11.3. The van der Waals surface area contributed by atoms with Gasteiger partial charge < -0.3 is 10.5 Å². The summed E-state index contributed by atoms with van der Waals surface area (Å²) in [5.41, 5.74) is 8.31. The lowest BCUT2D eigenvalue weighted by molar-refractivity contribution is 0.506. The number of rotatable bonds is 4. The molecule has 0 saturated heterocycles. The quantitative estimate of drug-likeness (QED) is 0.514. The molecule has 0 unspecified atom stereocenters. The third-order valence-corrected chi connectivity index (χ3v) is 3.45. The van der Waals surface area contributed by atoms with Gasteiger partial charge in [0.1, 0.15) is 10.3 Å². The largest absolute Gasteiger partial charge is 0.437 e. The minimum atomic E-state index is 0.255. The van der Waals surface area contributed by atoms with Gasteiger partial charge in [-0.3, -0.25) is 4.99 Å². The summed E-state index contributed by atoms with van der Waals surface area (Å²) in [4.78, 5) is 12.4. The first-order valence-electron chi connectivity index (χ1n) is 6.76. The smallest absolute Gasteiger partial charge is 0.221 e. The maximum absolute atomic E-state index is 5.81. The molecule has 2 aromatic rings. The minimum Gasteiger partial charge on any atom is -0.437 e. The molecule has 1 aromatic heterocycles. The summed E-state index contributed by atoms with van der Waals surface area (Å²) in [6.45, 7) is 5.98. The molecule has 0 radical (unpaired) electrons. The van der Waals surface area contributed by atoms with Gasteiger partial charge in [-0.15, -0.1) is 0 Å². The van der Waals surface area contributed by atoms with Crippen LogP contribution in [-0.2, 0) is 11.2 Å². The van der Waals surface area contributed by atoms with E-state index in [1.807, 2.05) is 24.3 Å². The van der Waals surface area contributed by atoms with Crippen LogP contribution in [0.3, 0.4) is 0 Å². The molecule has 0 fully saturated rings. The fourth-order valence-electron chi connectivity index (χ4n) is 1.86. The fourth-order valence-corrected chi connectivity index (χ4v) is 2.14. The maximum Gasteiger partial charge on any atom is 0.221 e. The summed E-state index contributed by atoms with van der Waals surface area (Å²) in [5, 5.41) is 0. The highest BCUT2D eigenvalue weighted by atomic mass is 79.9. The minimum absolute atomic E-state index is 0.255. The number of aliphatic imine (C=N–C) groups is 1. The molecule has 0 amide bonds. The molecular weight excluding hydrogens is 344 g/mol. The summed E-state index contributed by atoms with van der Waals surface area (Å²) >= 11 is 3.25. The molecule has 0 saturated carbocycles. The highest BCUT2D eigenvalue weighted by Crippen LogP contribution is 2.21. The van der Waals surface area contributed by atoms with E-state index >= 15 is 0 Å². The van der Waals surface area contributed by atoms with Gasteiger partial charge in [0.2, 0.25) is 5.90 Å². The Morgan fingerprint density at radius 3 is 2.64 bits per heavy atom. The molecule has 0 bridgehead atoms. The first-order valence-corrected chi connectivity index (χ1v) is 7.55. The molecule has 22 heavy (non-hydrogen) atoms. The highest BCUT2D eigenvalue weighted by molar-refractivity contribution is 9.10. The van der Waals surface area contributed by atoms with E-state index in [-0.39, 0.29) is 5.82 Å². The highest BCUT2D eigenvalue weighted by Gasteiger charge is 2.13. The van der Waals surface area contributed by atoms with Crippen molar-refractivity contribution in [1.82, 2.24) is 9.97 Å². The molecule has 0 spiro atoms. The first kappa shape index (κ1) is 16.2. The topological polar surface area (TPSA) is 73.4 Å². The maximum atomic E-state index is 5.81. The second kappa shape index (κ2) is 7.17. The number of benzene rings is 1. The number of hydrogen-bond acceptors (Lipinski definition) is 5. The Labute approximate surface area is 138 Å². The number of nitrogens with two attached hydrogens (primary N) is 1. The molecule has 5 nitrogen and oxygen atoms in total. The molecule has 0 atom stereocenters. The number of halogens is 1. The Bertz CT molecular complexity index is 711. The summed E-state index contributed by atoms with van der Waals surface area (Å²) in [6, 6.07) is 8.01. The van der Waals surface area contributed by atoms with E-state index in [0.29, 0.717) is 22.0 Å². The average molecular weight is 361 g/mol. The number of anilines is 1. The van der Waals surface area contributed by atoms with Crippen molar-refractivity contribution >= 4 is 33.4 Å². The average Bonchev–Trinajstić information content (AvgIpc) is 2.54. The van der Waals surface area contributed by atoms with Crippen molar-refractivity contribution in [1.29, 1.82) is 0 Å². The van der Waals surface area contributed by atoms with E-state index in [2.05, 4.69) is 44.4 Å². The Kier molecular flexibility index (Phi) is 5.27. The standard InChI is InChI=1S/C16H17BrN4O/c1-4-11-5-7-12(8-6-11)16(19-3)22-10(2)14-15(18)20-9-13(17)21-14/h5-9H,2,4H2,1,3H3,(H2,18,20). The van der Waals surface area contributed by atoms with Crippen LogP contribution in [0.1, 0.15) is 23.7 Å². The van der Waals surface area contributed by atoms with Crippen molar-refractivity contribution < 1.29 is 4.74 Å². The molecule has 2 rings (SSSR count). The zero-order chi connectivity index (χ0) is 16.1. The number of ether oxygens (including phenoxy) is 1. The Morgan fingerprint density at radius 2 is 2.05 bits per heavy atom. The summed E-state index contributed by atoms with van der Waals surface area (Å²) in [6.07, 6.45) is 2.50. The van der Waals surface area contributed by atoms with E-state index in [9.17, 15) is 0 Å². The lowest BCUT2D eigenvalue weighted by Crippen LogP contribution is -2.09. The predicted octanol–water partition coefficient (Wildman–Crippen LogP) is 3.45. The van der Waals surface area contributed by atoms with Crippen LogP contribution in [0.5, 0.6) is 0 Å². The Hall–Kier alpha value is -2.21. The molecule has 114 valence electrons. The van der Waals surface area contributed by atoms with Crippen molar-refractivity contribution in [2.45, 2.75) is 13.3 Å². The van der Waals surface area contributed by atoms with Gasteiger partial charge >= 0.3 is 0 Å². The van der Waals surface area contributed by atoms with Crippen molar-refractivity contribution in [2.75, 3.05) is 12.8 Å². The Morgan fingerprint density at radius 1 is 1.36 bits per heavy atom. The third-order valence-electron chi connectivity index (χ3n) is 3.07. The zero-order valence-corrected chi connectivity index (χ0v) is 14.1. The molecule has 6 heteroatoms. The van der Waals surface area contributed by atoms with Crippen molar-refractivity contribution in [2.24, 2.45) is 4.99 Å². The molecular formula is C16H17BrN4O. The van der Waals surface area contributed by atoms with Crippen LogP contribution in [0, 0.1) is 0 Å². The van der Waals surface area contributed by atoms with Crippen LogP contribution in [0.25, 0.3) is 5.76 Å². The second-order valence-corrected chi connectivity index (χ2v) is 5.34. The number of nitrogen functional groups attached to an aromatic ring is 1. The Balaban J connectivity index is 2.22. The van der Waals surface area contributed by atoms with E-state index in [4.69, 9.17) is 10.5 Å². The fraction of sp³-hybridized carbons (Fsp3) is 0.188. The third kappa shape index (κ3) is 3.71. The van der Waals surface area contributed by atoms with Gasteiger partial charge in [-0.1, -0.05) is 25.6 Å². The van der Waals surface area contributed by atoms with Crippen molar-refractivity contribution in [3.63, 3.8) is 0 Å². The number of aryl methyl sites for hydroxylation is 1. The van der Waals surface area contributed by atoms with Gasteiger partial charge in [-0.25, -0.2) is 9.97 Å². The molecule has 0 aliphatic carbocycles. The van der Waals surface area contributed by atoms with E-state index in [1.165, 1.54) is 11.8 Å². The zero-order valence-electron chi connectivity index (χ0n) is 12.5. The van der Waals surface area contributed by atoms with Crippen LogP contribution in [0.2, 0.25) is 0 Å². The van der Waals surface area contributed by atoms with Crippen molar-refractivity contribution in [3.05, 3.63) is 58.5 Å². The van der Waals surface area contributed by atoms with E-state index in [0.717, 1.165) is 12.0 Å². The van der Waals surface area contributed by atoms with Gasteiger partial charge in [-0.05, 0) is 40.0 Å². The van der Waals surface area contributed by atoms with Gasteiger partial charge in [0, 0.05) is 12.6 Å². The lowest BCUT2D eigenvalue weighted by atomic mass is 10.1. The van der Waals surface area contributed by atoms with Gasteiger partial charge in [0.15, 0.2) is 11.6 Å². The number of hydrogen-bond donors (Lipinski definition) is 1. The number of nitrogens with zero attached hydrogens (tertiary/aromatic N) is 3. The van der Waals surface area contributed by atoms with Crippen molar-refractivity contribution in [3.8, 4) is 0 Å². The first-order chi connectivity index (χ1) is 10.5. The molecule has 0 aliphatic rings. The number of aromatic nitrogens is 2. The van der Waals surface area contributed by atoms with Crippen LogP contribution < -0.4 is 5.73 Å². The predicted molar refractivity (Wildman–Crippen MR) is 92.5 cm³/mol. The van der Waals surface area contributed by atoms with Crippen LogP contribution in [0.15, 0.2) is 46.6 Å². The summed E-state index contributed by atoms with van der Waals surface area (Å²) in [7, 11) is 1.66. The SMILES string of the molecule is C=C(OC(=NC)c1ccc(CC)cc1)c1nc(Br)cnc1N. The lowest BCUT2D eigenvalue weighted by Gasteiger charge is -2.12. The van der Waals surface area contributed by atoms with Gasteiger partial charge in [-0.2, -0.15) is 0 Å². The second-order valence-electron chi connectivity index (χ2n) is 4.53. The van der Waals surface area contributed by atoms with Crippen LogP contribution in [0.4, 0.5) is 5.82 Å². The van der Waals surface area contributed by atoms with Gasteiger partial charge in [0.25, 0.3) is 0 Å². The molecule has 0 aliphatic heterocycles. The van der Waals surface area contributed by atoms with E-state index < -0.39 is 0 Å². The molecule has 2 N–H and O–H groups in total. The van der Waals surface area contributed by atoms with Gasteiger partial charge in [0.05, 0.1) is 6.20 Å². The summed E-state index contributed by atoms with van der Waals surface area (Å²) < 4.78 is 6.29. The molecule has 1 aromatic carbocycles. The molecule has 1 heterocycles. The van der Waals surface area contributed by atoms with Crippen LogP contribution in [-0.4, -0.2) is 22.9 Å². The van der Waals surface area contributed by atoms with Crippen LogP contribution >= 0.6 is 15.9 Å².